The number of anilines is 2. The third-order valence-electron chi connectivity index (χ3n) is 3.63. The number of amides is 1. The number of rotatable bonds is 4. The first-order chi connectivity index (χ1) is 10.9. The van der Waals surface area contributed by atoms with Crippen LogP contribution in [0.2, 0.25) is 0 Å². The molecular weight excluding hydrogens is 288 g/mol. The van der Waals surface area contributed by atoms with Crippen molar-refractivity contribution in [3.8, 4) is 6.07 Å². The molecule has 5 nitrogen and oxygen atoms in total. The van der Waals surface area contributed by atoms with Crippen LogP contribution in [0.15, 0.2) is 24.3 Å². The molecule has 0 atom stereocenters. The third-order valence-corrected chi connectivity index (χ3v) is 3.63. The second-order valence-corrected chi connectivity index (χ2v) is 5.55. The average Bonchev–Trinajstić information content (AvgIpc) is 2.48. The van der Waals surface area contributed by atoms with E-state index in [1.807, 2.05) is 39.0 Å². The number of aromatic nitrogens is 1. The molecule has 5 heteroatoms. The minimum Gasteiger partial charge on any atom is -0.375 e. The molecular formula is C18H20N4O. The molecule has 2 N–H and O–H groups in total. The molecule has 0 aliphatic rings. The SMILES string of the molecule is Cc1cc(NCC(=O)Nc2c(C)cccc2C)c(C#N)c(C)n1. The Labute approximate surface area is 136 Å². The molecule has 1 aromatic heterocycles. The van der Waals surface area contributed by atoms with Crippen LogP contribution in [-0.2, 0) is 4.79 Å². The fraction of sp³-hybridized carbons (Fsp3) is 0.278. The molecule has 0 spiro atoms. The van der Waals surface area contributed by atoms with Crippen LogP contribution in [0.5, 0.6) is 0 Å². The Morgan fingerprint density at radius 2 is 1.87 bits per heavy atom. The minimum absolute atomic E-state index is 0.0886. The van der Waals surface area contributed by atoms with E-state index < -0.39 is 0 Å². The van der Waals surface area contributed by atoms with Crippen molar-refractivity contribution in [2.75, 3.05) is 17.2 Å². The Bertz CT molecular complexity index is 770. The van der Waals surface area contributed by atoms with E-state index >= 15 is 0 Å². The molecule has 1 heterocycles. The quantitative estimate of drug-likeness (QED) is 0.909. The second-order valence-electron chi connectivity index (χ2n) is 5.55. The van der Waals surface area contributed by atoms with Crippen LogP contribution in [0.3, 0.4) is 0 Å². The molecule has 118 valence electrons. The van der Waals surface area contributed by atoms with E-state index in [1.165, 1.54) is 0 Å². The normalized spacial score (nSPS) is 10.0. The highest BCUT2D eigenvalue weighted by molar-refractivity contribution is 5.95. The molecule has 2 rings (SSSR count). The van der Waals surface area contributed by atoms with Gasteiger partial charge in [0.05, 0.1) is 23.5 Å². The number of nitrogens with zero attached hydrogens (tertiary/aromatic N) is 2. The van der Waals surface area contributed by atoms with E-state index in [0.29, 0.717) is 16.9 Å². The Hall–Kier alpha value is -2.87. The first-order valence-corrected chi connectivity index (χ1v) is 7.40. The molecule has 0 radical (unpaired) electrons. The van der Waals surface area contributed by atoms with Crippen LogP contribution in [0.4, 0.5) is 11.4 Å². The summed E-state index contributed by atoms with van der Waals surface area (Å²) in [6.07, 6.45) is 0. The smallest absolute Gasteiger partial charge is 0.243 e. The summed E-state index contributed by atoms with van der Waals surface area (Å²) in [4.78, 5) is 16.4. The van der Waals surface area contributed by atoms with Gasteiger partial charge in [-0.15, -0.1) is 0 Å². The van der Waals surface area contributed by atoms with E-state index in [4.69, 9.17) is 0 Å². The van der Waals surface area contributed by atoms with Gasteiger partial charge in [0.2, 0.25) is 5.91 Å². The van der Waals surface area contributed by atoms with Crippen LogP contribution >= 0.6 is 0 Å². The molecule has 1 aromatic carbocycles. The lowest BCUT2D eigenvalue weighted by atomic mass is 10.1. The van der Waals surface area contributed by atoms with Gasteiger partial charge < -0.3 is 10.6 Å². The summed E-state index contributed by atoms with van der Waals surface area (Å²) < 4.78 is 0. The highest BCUT2D eigenvalue weighted by Gasteiger charge is 2.11. The molecule has 1 amide bonds. The predicted molar refractivity (Wildman–Crippen MR) is 91.5 cm³/mol. The molecule has 23 heavy (non-hydrogen) atoms. The monoisotopic (exact) mass is 308 g/mol. The summed E-state index contributed by atoms with van der Waals surface area (Å²) in [7, 11) is 0. The van der Waals surface area contributed by atoms with Gasteiger partial charge in [-0.1, -0.05) is 18.2 Å². The van der Waals surface area contributed by atoms with Gasteiger partial charge in [-0.2, -0.15) is 5.26 Å². The maximum Gasteiger partial charge on any atom is 0.243 e. The zero-order valence-electron chi connectivity index (χ0n) is 13.8. The van der Waals surface area contributed by atoms with E-state index in [9.17, 15) is 10.1 Å². The van der Waals surface area contributed by atoms with Crippen LogP contribution in [0, 0.1) is 39.0 Å². The Morgan fingerprint density at radius 1 is 1.22 bits per heavy atom. The van der Waals surface area contributed by atoms with E-state index in [1.54, 1.807) is 13.0 Å². The van der Waals surface area contributed by atoms with Crippen molar-refractivity contribution < 1.29 is 4.79 Å². The number of nitriles is 1. The number of aryl methyl sites for hydroxylation is 4. The lowest BCUT2D eigenvalue weighted by Gasteiger charge is -2.13. The highest BCUT2D eigenvalue weighted by Crippen LogP contribution is 2.20. The van der Waals surface area contributed by atoms with Gasteiger partial charge in [0.1, 0.15) is 6.07 Å². The summed E-state index contributed by atoms with van der Waals surface area (Å²) >= 11 is 0. The van der Waals surface area contributed by atoms with Crippen LogP contribution < -0.4 is 10.6 Å². The molecule has 0 fully saturated rings. The van der Waals surface area contributed by atoms with E-state index in [-0.39, 0.29) is 12.5 Å². The van der Waals surface area contributed by atoms with Gasteiger partial charge >= 0.3 is 0 Å². The largest absolute Gasteiger partial charge is 0.375 e. The van der Waals surface area contributed by atoms with Crippen molar-refractivity contribution in [3.05, 3.63) is 52.3 Å². The Morgan fingerprint density at radius 3 is 2.48 bits per heavy atom. The van der Waals surface area contributed by atoms with Gasteiger partial charge in [-0.3, -0.25) is 9.78 Å². The van der Waals surface area contributed by atoms with Crippen molar-refractivity contribution in [3.63, 3.8) is 0 Å². The zero-order valence-corrected chi connectivity index (χ0v) is 13.8. The van der Waals surface area contributed by atoms with Crippen molar-refractivity contribution in [1.29, 1.82) is 5.26 Å². The van der Waals surface area contributed by atoms with Crippen LogP contribution in [0.25, 0.3) is 0 Å². The van der Waals surface area contributed by atoms with Gasteiger partial charge in [0.15, 0.2) is 0 Å². The summed E-state index contributed by atoms with van der Waals surface area (Å²) in [5, 5.41) is 15.2. The van der Waals surface area contributed by atoms with Crippen molar-refractivity contribution in [2.24, 2.45) is 0 Å². The summed E-state index contributed by atoms with van der Waals surface area (Å²) in [6.45, 7) is 7.65. The van der Waals surface area contributed by atoms with Gasteiger partial charge in [-0.05, 0) is 44.9 Å². The topological polar surface area (TPSA) is 77.8 Å². The molecule has 0 unspecified atom stereocenters. The second kappa shape index (κ2) is 6.93. The average molecular weight is 308 g/mol. The number of hydrogen-bond acceptors (Lipinski definition) is 4. The lowest BCUT2D eigenvalue weighted by molar-refractivity contribution is -0.114. The fourth-order valence-electron chi connectivity index (χ4n) is 2.48. The Kier molecular flexibility index (Phi) is 4.97. The third kappa shape index (κ3) is 3.86. The Balaban J connectivity index is 2.10. The number of carbonyl (C=O) groups excluding carboxylic acids is 1. The summed E-state index contributed by atoms with van der Waals surface area (Å²) in [6, 6.07) is 9.78. The molecule has 2 aromatic rings. The zero-order chi connectivity index (χ0) is 17.0. The van der Waals surface area contributed by atoms with Crippen LogP contribution in [0.1, 0.15) is 28.1 Å². The number of carbonyl (C=O) groups is 1. The van der Waals surface area contributed by atoms with Crippen LogP contribution in [-0.4, -0.2) is 17.4 Å². The summed E-state index contributed by atoms with van der Waals surface area (Å²) in [5.74, 6) is -0.154. The van der Waals surface area contributed by atoms with Gasteiger partial charge in [-0.25, -0.2) is 0 Å². The molecule has 0 saturated carbocycles. The molecule has 0 aliphatic heterocycles. The van der Waals surface area contributed by atoms with Gasteiger partial charge in [0.25, 0.3) is 0 Å². The number of pyridine rings is 1. The summed E-state index contributed by atoms with van der Waals surface area (Å²) in [5.41, 5.74) is 5.44. The standard InChI is InChI=1S/C18H20N4O/c1-11-6-5-7-12(2)18(11)22-17(23)10-20-16-8-13(3)21-14(4)15(16)9-19/h5-8H,10H2,1-4H3,(H,20,21)(H,22,23). The fourth-order valence-corrected chi connectivity index (χ4v) is 2.48. The first kappa shape index (κ1) is 16.5. The van der Waals surface area contributed by atoms with Crippen molar-refractivity contribution >= 4 is 17.3 Å². The molecule has 0 aliphatic carbocycles. The van der Waals surface area contributed by atoms with E-state index in [2.05, 4.69) is 21.7 Å². The number of hydrogen-bond donors (Lipinski definition) is 2. The predicted octanol–water partition coefficient (Wildman–Crippen LogP) is 3.24. The number of nitrogens with one attached hydrogen (secondary N) is 2. The maximum absolute atomic E-state index is 12.2. The highest BCUT2D eigenvalue weighted by atomic mass is 16.1. The number of benzene rings is 1. The van der Waals surface area contributed by atoms with Crippen molar-refractivity contribution in [1.82, 2.24) is 4.98 Å². The number of para-hydroxylation sites is 1. The lowest BCUT2D eigenvalue weighted by Crippen LogP contribution is -2.23. The minimum atomic E-state index is -0.154. The first-order valence-electron chi connectivity index (χ1n) is 7.40. The molecule has 0 saturated heterocycles. The molecule has 0 bridgehead atoms. The van der Waals surface area contributed by atoms with Crippen molar-refractivity contribution in [2.45, 2.75) is 27.7 Å². The maximum atomic E-state index is 12.2. The van der Waals surface area contributed by atoms with Gasteiger partial charge in [0, 0.05) is 11.4 Å². The van der Waals surface area contributed by atoms with E-state index in [0.717, 1.165) is 22.5 Å².